The number of sulfonamides is 1. The number of nitrogens with one attached hydrogen (secondary N) is 1. The molecule has 0 saturated carbocycles. The monoisotopic (exact) mass is 252 g/mol. The van der Waals surface area contributed by atoms with Gasteiger partial charge in [0.05, 0.1) is 11.4 Å². The fourth-order valence-electron chi connectivity index (χ4n) is 0.961. The highest BCUT2D eigenvalue weighted by Gasteiger charge is 2.05. The first-order valence-electron chi connectivity index (χ1n) is 4.08. The van der Waals surface area contributed by atoms with Gasteiger partial charge in [-0.15, -0.1) is 0 Å². The van der Waals surface area contributed by atoms with Gasteiger partial charge in [-0.2, -0.15) is 0 Å². The molecule has 0 spiro atoms. The van der Waals surface area contributed by atoms with Crippen LogP contribution in [-0.2, 0) is 10.0 Å². The number of primary sulfonamides is 1. The molecule has 0 bridgehead atoms. The molecule has 0 aliphatic rings. The minimum absolute atomic E-state index is 0.0378. The predicted molar refractivity (Wildman–Crippen MR) is 57.9 cm³/mol. The summed E-state index contributed by atoms with van der Waals surface area (Å²) in [5.74, 6) is -0.757. The third-order valence-electron chi connectivity index (χ3n) is 1.63. The Balaban J connectivity index is 2.61. The summed E-state index contributed by atoms with van der Waals surface area (Å²) < 4.78 is 34.3. The SMILES string of the molecule is NS(=O)(=O)CCNc1cc(Cl)ccc1F. The quantitative estimate of drug-likeness (QED) is 0.845. The Labute approximate surface area is 92.3 Å². The van der Waals surface area contributed by atoms with Gasteiger partial charge in [0.15, 0.2) is 0 Å². The van der Waals surface area contributed by atoms with Crippen LogP contribution in [0.3, 0.4) is 0 Å². The van der Waals surface area contributed by atoms with E-state index in [9.17, 15) is 12.8 Å². The molecule has 0 fully saturated rings. The molecule has 0 atom stereocenters. The number of benzene rings is 1. The van der Waals surface area contributed by atoms with E-state index >= 15 is 0 Å². The van der Waals surface area contributed by atoms with Crippen molar-refractivity contribution in [3.05, 3.63) is 29.0 Å². The molecule has 0 aliphatic heterocycles. The lowest BCUT2D eigenvalue weighted by molar-refractivity contribution is 0.597. The summed E-state index contributed by atoms with van der Waals surface area (Å²) in [6.07, 6.45) is 0. The molecule has 3 N–H and O–H groups in total. The van der Waals surface area contributed by atoms with Crippen LogP contribution in [0.15, 0.2) is 18.2 Å². The highest BCUT2D eigenvalue weighted by molar-refractivity contribution is 7.89. The molecule has 0 radical (unpaired) electrons. The standard InChI is InChI=1S/C8H10ClFN2O2S/c9-6-1-2-7(10)8(5-6)12-3-4-15(11,13)14/h1-2,5,12H,3-4H2,(H2,11,13,14). The first-order chi connectivity index (χ1) is 6.88. The summed E-state index contributed by atoms with van der Waals surface area (Å²) >= 11 is 5.64. The zero-order chi connectivity index (χ0) is 11.5. The van der Waals surface area contributed by atoms with E-state index in [2.05, 4.69) is 5.32 Å². The highest BCUT2D eigenvalue weighted by Crippen LogP contribution is 2.19. The average molecular weight is 253 g/mol. The second-order valence-corrected chi connectivity index (χ2v) is 5.09. The lowest BCUT2D eigenvalue weighted by Crippen LogP contribution is -2.22. The van der Waals surface area contributed by atoms with Crippen LogP contribution in [0.4, 0.5) is 10.1 Å². The zero-order valence-corrected chi connectivity index (χ0v) is 9.28. The molecule has 7 heteroatoms. The molecular weight excluding hydrogens is 243 g/mol. The van der Waals surface area contributed by atoms with Gasteiger partial charge in [0.2, 0.25) is 10.0 Å². The minimum Gasteiger partial charge on any atom is -0.382 e. The summed E-state index contributed by atoms with van der Waals surface area (Å²) in [5, 5.41) is 7.74. The molecule has 0 saturated heterocycles. The number of hydrogen-bond donors (Lipinski definition) is 2. The number of rotatable bonds is 4. The van der Waals surface area contributed by atoms with Gasteiger partial charge in [-0.05, 0) is 18.2 Å². The fraction of sp³-hybridized carbons (Fsp3) is 0.250. The Kier molecular flexibility index (Phi) is 3.90. The number of hydrogen-bond acceptors (Lipinski definition) is 3. The van der Waals surface area contributed by atoms with Crippen molar-refractivity contribution in [1.29, 1.82) is 0 Å². The van der Waals surface area contributed by atoms with Crippen LogP contribution < -0.4 is 10.5 Å². The highest BCUT2D eigenvalue weighted by atomic mass is 35.5. The van der Waals surface area contributed by atoms with Crippen molar-refractivity contribution in [1.82, 2.24) is 0 Å². The van der Waals surface area contributed by atoms with Crippen molar-refractivity contribution in [2.24, 2.45) is 5.14 Å². The third-order valence-corrected chi connectivity index (χ3v) is 2.64. The van der Waals surface area contributed by atoms with Crippen molar-refractivity contribution in [3.8, 4) is 0 Å². The van der Waals surface area contributed by atoms with Crippen LogP contribution in [0.5, 0.6) is 0 Å². The maximum absolute atomic E-state index is 13.1. The van der Waals surface area contributed by atoms with Gasteiger partial charge in [-0.25, -0.2) is 17.9 Å². The maximum Gasteiger partial charge on any atom is 0.210 e. The van der Waals surface area contributed by atoms with Crippen LogP contribution in [0, 0.1) is 5.82 Å². The lowest BCUT2D eigenvalue weighted by Gasteiger charge is -2.06. The molecule has 1 aromatic carbocycles. The van der Waals surface area contributed by atoms with E-state index in [1.165, 1.54) is 18.2 Å². The third kappa shape index (κ3) is 4.46. The van der Waals surface area contributed by atoms with Crippen molar-refractivity contribution >= 4 is 27.3 Å². The topological polar surface area (TPSA) is 72.2 Å². The fourth-order valence-corrected chi connectivity index (χ4v) is 1.52. The van der Waals surface area contributed by atoms with Crippen LogP contribution >= 0.6 is 11.6 Å². The van der Waals surface area contributed by atoms with Crippen LogP contribution in [0.2, 0.25) is 5.02 Å². The lowest BCUT2D eigenvalue weighted by atomic mass is 10.3. The predicted octanol–water partition coefficient (Wildman–Crippen LogP) is 1.18. The first kappa shape index (κ1) is 12.2. The zero-order valence-electron chi connectivity index (χ0n) is 7.70. The van der Waals surface area contributed by atoms with E-state index in [4.69, 9.17) is 16.7 Å². The Bertz CT molecular complexity index is 450. The van der Waals surface area contributed by atoms with Gasteiger partial charge < -0.3 is 5.32 Å². The molecule has 1 rings (SSSR count). The van der Waals surface area contributed by atoms with E-state index in [1.807, 2.05) is 0 Å². The van der Waals surface area contributed by atoms with E-state index in [0.29, 0.717) is 5.02 Å². The Hall–Kier alpha value is -0.850. The maximum atomic E-state index is 13.1. The Morgan fingerprint density at radius 1 is 1.47 bits per heavy atom. The molecule has 0 aromatic heterocycles. The van der Waals surface area contributed by atoms with Gasteiger partial charge in [0.25, 0.3) is 0 Å². The summed E-state index contributed by atoms with van der Waals surface area (Å²) in [4.78, 5) is 0. The van der Waals surface area contributed by atoms with Crippen LogP contribution in [0.25, 0.3) is 0 Å². The van der Waals surface area contributed by atoms with Crippen LogP contribution in [0.1, 0.15) is 0 Å². The van der Waals surface area contributed by atoms with E-state index < -0.39 is 15.8 Å². The summed E-state index contributed by atoms with van der Waals surface area (Å²) in [6, 6.07) is 3.98. The number of halogens is 2. The molecule has 0 amide bonds. The molecule has 0 aliphatic carbocycles. The second kappa shape index (κ2) is 4.78. The number of nitrogens with two attached hydrogens (primary N) is 1. The minimum atomic E-state index is -3.54. The Morgan fingerprint density at radius 2 is 2.13 bits per heavy atom. The normalized spacial score (nSPS) is 11.4. The van der Waals surface area contributed by atoms with Crippen molar-refractivity contribution in [3.63, 3.8) is 0 Å². The van der Waals surface area contributed by atoms with Crippen LogP contribution in [-0.4, -0.2) is 20.7 Å². The van der Waals surface area contributed by atoms with Gasteiger partial charge in [-0.3, -0.25) is 0 Å². The average Bonchev–Trinajstić information content (AvgIpc) is 2.09. The molecule has 1 aromatic rings. The molecule has 4 nitrogen and oxygen atoms in total. The molecule has 84 valence electrons. The summed E-state index contributed by atoms with van der Waals surface area (Å²) in [6.45, 7) is 0.0378. The first-order valence-corrected chi connectivity index (χ1v) is 6.17. The Morgan fingerprint density at radius 3 is 2.73 bits per heavy atom. The number of anilines is 1. The van der Waals surface area contributed by atoms with E-state index in [-0.39, 0.29) is 18.0 Å². The van der Waals surface area contributed by atoms with Gasteiger partial charge in [0.1, 0.15) is 5.82 Å². The summed E-state index contributed by atoms with van der Waals surface area (Å²) in [5.41, 5.74) is 0.158. The van der Waals surface area contributed by atoms with Gasteiger partial charge in [-0.1, -0.05) is 11.6 Å². The van der Waals surface area contributed by atoms with E-state index in [0.717, 1.165) is 0 Å². The molecule has 0 heterocycles. The van der Waals surface area contributed by atoms with E-state index in [1.54, 1.807) is 0 Å². The second-order valence-electron chi connectivity index (χ2n) is 2.92. The molecular formula is C8H10ClFN2O2S. The molecule has 15 heavy (non-hydrogen) atoms. The van der Waals surface area contributed by atoms with Crippen molar-refractivity contribution < 1.29 is 12.8 Å². The van der Waals surface area contributed by atoms with Crippen molar-refractivity contribution in [2.75, 3.05) is 17.6 Å². The van der Waals surface area contributed by atoms with Crippen molar-refractivity contribution in [2.45, 2.75) is 0 Å². The smallest absolute Gasteiger partial charge is 0.210 e. The van der Waals surface area contributed by atoms with Gasteiger partial charge in [0, 0.05) is 11.6 Å². The summed E-state index contributed by atoms with van der Waals surface area (Å²) in [7, 11) is -3.54. The van der Waals surface area contributed by atoms with Gasteiger partial charge >= 0.3 is 0 Å². The largest absolute Gasteiger partial charge is 0.382 e. The molecule has 0 unspecified atom stereocenters.